The first-order valence-electron chi connectivity index (χ1n) is 6.47. The normalized spacial score (nSPS) is 28.2. The second-order valence-electron chi connectivity index (χ2n) is 5.33. The summed E-state index contributed by atoms with van der Waals surface area (Å²) in [7, 11) is 0. The van der Waals surface area contributed by atoms with E-state index in [0.29, 0.717) is 18.5 Å². The average molecular weight is 268 g/mol. The molecule has 0 bridgehead atoms. The molecule has 1 aromatic heterocycles. The molecule has 18 heavy (non-hydrogen) atoms. The fourth-order valence-electron chi connectivity index (χ4n) is 2.69. The number of aromatic carboxylic acids is 1. The Morgan fingerprint density at radius 3 is 2.94 bits per heavy atom. The molecule has 100 valence electrons. The largest absolute Gasteiger partial charge is 0.476 e. The molecule has 0 spiro atoms. The van der Waals surface area contributed by atoms with Gasteiger partial charge in [0.15, 0.2) is 0 Å². The van der Waals surface area contributed by atoms with Gasteiger partial charge in [0.2, 0.25) is 5.01 Å². The van der Waals surface area contributed by atoms with Crippen LogP contribution in [-0.2, 0) is 6.54 Å². The molecular weight excluding hydrogens is 248 g/mol. The lowest BCUT2D eigenvalue weighted by atomic mass is 9.80. The minimum Gasteiger partial charge on any atom is -0.476 e. The number of carboxylic acid groups (broad SMARTS) is 1. The van der Waals surface area contributed by atoms with E-state index in [0.717, 1.165) is 11.6 Å². The van der Waals surface area contributed by atoms with Crippen molar-refractivity contribution in [2.75, 3.05) is 0 Å². The molecular formula is C13H20N2O2S. The lowest BCUT2D eigenvalue weighted by molar-refractivity contribution is 0.0696. The van der Waals surface area contributed by atoms with Crippen LogP contribution in [-0.4, -0.2) is 22.1 Å². The third-order valence-electron chi connectivity index (χ3n) is 3.71. The van der Waals surface area contributed by atoms with Gasteiger partial charge in [0.05, 0.1) is 5.69 Å². The number of hydrogen-bond acceptors (Lipinski definition) is 4. The molecule has 0 saturated heterocycles. The summed E-state index contributed by atoms with van der Waals surface area (Å²) in [5.74, 6) is 0.577. The van der Waals surface area contributed by atoms with Crippen LogP contribution in [0.2, 0.25) is 0 Å². The van der Waals surface area contributed by atoms with Gasteiger partial charge >= 0.3 is 5.97 Å². The van der Waals surface area contributed by atoms with Gasteiger partial charge in [0.25, 0.3) is 0 Å². The molecule has 0 amide bonds. The average Bonchev–Trinajstić information content (AvgIpc) is 2.76. The van der Waals surface area contributed by atoms with Crippen LogP contribution in [0.15, 0.2) is 5.38 Å². The van der Waals surface area contributed by atoms with Gasteiger partial charge in [0, 0.05) is 18.0 Å². The summed E-state index contributed by atoms with van der Waals surface area (Å²) < 4.78 is 0. The fraction of sp³-hybridized carbons (Fsp3) is 0.692. The van der Waals surface area contributed by atoms with E-state index in [1.807, 2.05) is 5.38 Å². The Hall–Kier alpha value is -0.940. The van der Waals surface area contributed by atoms with Gasteiger partial charge in [0.1, 0.15) is 0 Å². The number of nitrogens with zero attached hydrogens (tertiary/aromatic N) is 1. The lowest BCUT2D eigenvalue weighted by Crippen LogP contribution is -2.38. The first-order valence-corrected chi connectivity index (χ1v) is 7.35. The van der Waals surface area contributed by atoms with Crippen LogP contribution < -0.4 is 5.32 Å². The molecule has 1 fully saturated rings. The molecule has 1 aliphatic rings. The summed E-state index contributed by atoms with van der Waals surface area (Å²) in [5, 5.41) is 14.3. The molecule has 4 nitrogen and oxygen atoms in total. The first-order chi connectivity index (χ1) is 8.56. The van der Waals surface area contributed by atoms with Gasteiger partial charge in [-0.25, -0.2) is 9.78 Å². The first kappa shape index (κ1) is 13.5. The number of rotatable bonds is 4. The molecule has 1 aliphatic carbocycles. The van der Waals surface area contributed by atoms with Crippen molar-refractivity contribution in [2.24, 2.45) is 11.8 Å². The van der Waals surface area contributed by atoms with Gasteiger partial charge in [-0.2, -0.15) is 0 Å². The number of nitrogens with one attached hydrogen (secondary N) is 1. The van der Waals surface area contributed by atoms with Crippen molar-refractivity contribution in [3.63, 3.8) is 0 Å². The predicted molar refractivity (Wildman–Crippen MR) is 71.9 cm³/mol. The molecule has 2 rings (SSSR count). The van der Waals surface area contributed by atoms with Crippen molar-refractivity contribution in [2.45, 2.75) is 45.7 Å². The zero-order valence-corrected chi connectivity index (χ0v) is 11.7. The summed E-state index contributed by atoms with van der Waals surface area (Å²) in [6, 6.07) is 0.538. The molecule has 3 unspecified atom stereocenters. The molecule has 1 aromatic rings. The van der Waals surface area contributed by atoms with E-state index in [-0.39, 0.29) is 5.01 Å². The van der Waals surface area contributed by atoms with Crippen LogP contribution in [0.4, 0.5) is 0 Å². The molecule has 0 aliphatic heterocycles. The van der Waals surface area contributed by atoms with E-state index in [4.69, 9.17) is 5.11 Å². The molecule has 1 heterocycles. The van der Waals surface area contributed by atoms with Crippen LogP contribution in [0.5, 0.6) is 0 Å². The van der Waals surface area contributed by atoms with E-state index in [1.54, 1.807) is 0 Å². The Kier molecular flexibility index (Phi) is 4.35. The molecule has 3 atom stereocenters. The summed E-state index contributed by atoms with van der Waals surface area (Å²) in [4.78, 5) is 14.8. The maximum atomic E-state index is 10.7. The lowest BCUT2D eigenvalue weighted by Gasteiger charge is -2.33. The standard InChI is InChI=1S/C13H20N2O2S/c1-8-3-4-11(9(2)5-8)14-6-10-7-18-12(15-10)13(16)17/h7-9,11,14H,3-6H2,1-2H3,(H,16,17). The Labute approximate surface area is 111 Å². The van der Waals surface area contributed by atoms with Crippen LogP contribution in [0.25, 0.3) is 0 Å². The molecule has 5 heteroatoms. The quantitative estimate of drug-likeness (QED) is 0.881. The van der Waals surface area contributed by atoms with Crippen molar-refractivity contribution in [1.82, 2.24) is 10.3 Å². The second kappa shape index (κ2) is 5.80. The van der Waals surface area contributed by atoms with Crippen molar-refractivity contribution < 1.29 is 9.90 Å². The number of carbonyl (C=O) groups is 1. The fourth-order valence-corrected chi connectivity index (χ4v) is 3.35. The summed E-state index contributed by atoms with van der Waals surface area (Å²) in [5.41, 5.74) is 0.836. The highest BCUT2D eigenvalue weighted by Crippen LogP contribution is 2.28. The van der Waals surface area contributed by atoms with E-state index >= 15 is 0 Å². The number of hydrogen-bond donors (Lipinski definition) is 2. The Morgan fingerprint density at radius 1 is 1.56 bits per heavy atom. The Morgan fingerprint density at radius 2 is 2.33 bits per heavy atom. The highest BCUT2D eigenvalue weighted by Gasteiger charge is 2.24. The maximum absolute atomic E-state index is 10.7. The smallest absolute Gasteiger partial charge is 0.365 e. The number of carboxylic acids is 1. The van der Waals surface area contributed by atoms with Gasteiger partial charge in [-0.1, -0.05) is 13.8 Å². The van der Waals surface area contributed by atoms with Crippen molar-refractivity contribution in [3.05, 3.63) is 16.1 Å². The Balaban J connectivity index is 1.85. The zero-order valence-electron chi connectivity index (χ0n) is 10.8. The van der Waals surface area contributed by atoms with E-state index in [2.05, 4.69) is 24.1 Å². The molecule has 2 N–H and O–H groups in total. The van der Waals surface area contributed by atoms with E-state index in [1.165, 1.54) is 30.6 Å². The topological polar surface area (TPSA) is 62.2 Å². The minimum atomic E-state index is -0.939. The monoisotopic (exact) mass is 268 g/mol. The van der Waals surface area contributed by atoms with Crippen LogP contribution in [0.1, 0.15) is 48.6 Å². The van der Waals surface area contributed by atoms with Crippen LogP contribution in [0, 0.1) is 11.8 Å². The number of aromatic nitrogens is 1. The minimum absolute atomic E-state index is 0.178. The summed E-state index contributed by atoms with van der Waals surface area (Å²) >= 11 is 1.19. The van der Waals surface area contributed by atoms with Gasteiger partial charge in [-0.3, -0.25) is 0 Å². The number of thiazole rings is 1. The van der Waals surface area contributed by atoms with Crippen molar-refractivity contribution in [3.8, 4) is 0 Å². The second-order valence-corrected chi connectivity index (χ2v) is 6.19. The van der Waals surface area contributed by atoms with Crippen molar-refractivity contribution in [1.29, 1.82) is 0 Å². The van der Waals surface area contributed by atoms with E-state index in [9.17, 15) is 4.79 Å². The van der Waals surface area contributed by atoms with Crippen LogP contribution >= 0.6 is 11.3 Å². The van der Waals surface area contributed by atoms with Crippen molar-refractivity contribution >= 4 is 17.3 Å². The Bertz CT molecular complexity index is 419. The maximum Gasteiger partial charge on any atom is 0.365 e. The highest BCUT2D eigenvalue weighted by molar-refractivity contribution is 7.11. The molecule has 0 radical (unpaired) electrons. The van der Waals surface area contributed by atoms with E-state index < -0.39 is 5.97 Å². The zero-order chi connectivity index (χ0) is 13.1. The van der Waals surface area contributed by atoms with Gasteiger partial charge in [-0.15, -0.1) is 11.3 Å². The van der Waals surface area contributed by atoms with Gasteiger partial charge in [-0.05, 0) is 31.1 Å². The third kappa shape index (κ3) is 3.29. The molecule has 1 saturated carbocycles. The predicted octanol–water partition coefficient (Wildman–Crippen LogP) is 2.76. The molecule has 0 aromatic carbocycles. The third-order valence-corrected chi connectivity index (χ3v) is 4.59. The van der Waals surface area contributed by atoms with Crippen LogP contribution in [0.3, 0.4) is 0 Å². The summed E-state index contributed by atoms with van der Waals surface area (Å²) in [6.07, 6.45) is 3.76. The highest BCUT2D eigenvalue weighted by atomic mass is 32.1. The van der Waals surface area contributed by atoms with Gasteiger partial charge < -0.3 is 10.4 Å². The summed E-state index contributed by atoms with van der Waals surface area (Å²) in [6.45, 7) is 5.27. The SMILES string of the molecule is CC1CCC(NCc2csc(C(=O)O)n2)C(C)C1.